The van der Waals surface area contributed by atoms with Crippen molar-refractivity contribution in [1.82, 2.24) is 9.97 Å². The van der Waals surface area contributed by atoms with Crippen molar-refractivity contribution in [2.45, 2.75) is 31.7 Å². The van der Waals surface area contributed by atoms with E-state index in [1.807, 2.05) is 6.07 Å². The van der Waals surface area contributed by atoms with Crippen LogP contribution in [0, 0.1) is 11.3 Å². The molecule has 0 aliphatic heterocycles. The molecule has 0 saturated heterocycles. The van der Waals surface area contributed by atoms with Gasteiger partial charge in [0.15, 0.2) is 0 Å². The molecule has 2 N–H and O–H groups in total. The van der Waals surface area contributed by atoms with Gasteiger partial charge in [-0.15, -0.1) is 0 Å². The number of hydrogen-bond acceptors (Lipinski definition) is 5. The third-order valence-electron chi connectivity index (χ3n) is 3.87. The third-order valence-corrected chi connectivity index (χ3v) is 3.87. The van der Waals surface area contributed by atoms with Gasteiger partial charge in [-0.25, -0.2) is 9.97 Å². The number of hydrogen-bond donors (Lipinski definition) is 2. The number of anilines is 2. The van der Waals surface area contributed by atoms with Gasteiger partial charge in [-0.1, -0.05) is 12.8 Å². The van der Waals surface area contributed by atoms with Crippen LogP contribution in [0.25, 0.3) is 0 Å². The molecule has 1 amide bonds. The Bertz CT molecular complexity index is 712. The lowest BCUT2D eigenvalue weighted by atomic mass is 10.2. The van der Waals surface area contributed by atoms with Gasteiger partial charge < -0.3 is 10.6 Å². The highest BCUT2D eigenvalue weighted by Crippen LogP contribution is 2.20. The zero-order valence-corrected chi connectivity index (χ0v) is 12.6. The number of carbonyl (C=O) groups is 1. The predicted octanol–water partition coefficient (Wildman–Crippen LogP) is 2.96. The molecule has 0 unspecified atom stereocenters. The van der Waals surface area contributed by atoms with Gasteiger partial charge in [0.25, 0.3) is 5.91 Å². The normalized spacial score (nSPS) is 14.2. The molecule has 0 atom stereocenters. The van der Waals surface area contributed by atoms with Gasteiger partial charge in [-0.05, 0) is 37.1 Å². The Morgan fingerprint density at radius 1 is 1.13 bits per heavy atom. The van der Waals surface area contributed by atoms with Crippen molar-refractivity contribution in [3.63, 3.8) is 0 Å². The first-order chi connectivity index (χ1) is 11.2. The summed E-state index contributed by atoms with van der Waals surface area (Å²) in [6, 6.07) is 9.16. The maximum Gasteiger partial charge on any atom is 0.258 e. The summed E-state index contributed by atoms with van der Waals surface area (Å²) in [6.07, 6.45) is 7.80. The summed E-state index contributed by atoms with van der Waals surface area (Å²) >= 11 is 0. The van der Waals surface area contributed by atoms with E-state index in [1.54, 1.807) is 24.3 Å². The summed E-state index contributed by atoms with van der Waals surface area (Å²) in [6.45, 7) is 0. The molecule has 1 aromatic heterocycles. The number of amides is 1. The molecular weight excluding hydrogens is 290 g/mol. The molecule has 1 aromatic carbocycles. The molecule has 0 radical (unpaired) electrons. The standard InChI is InChI=1S/C17H17N5O/c18-9-12-5-7-15(8-6-12)21-16(23)13-10-19-17(20-11-13)22-14-3-1-2-4-14/h5-8,10-11,14H,1-4H2,(H,21,23)(H,19,20,22). The minimum Gasteiger partial charge on any atom is -0.351 e. The summed E-state index contributed by atoms with van der Waals surface area (Å²) in [5.74, 6) is 0.286. The first-order valence-electron chi connectivity index (χ1n) is 7.65. The Hall–Kier alpha value is -2.94. The molecule has 3 rings (SSSR count). The Balaban J connectivity index is 1.61. The Morgan fingerprint density at radius 3 is 2.39 bits per heavy atom. The van der Waals surface area contributed by atoms with Gasteiger partial charge in [-0.2, -0.15) is 5.26 Å². The maximum atomic E-state index is 12.1. The smallest absolute Gasteiger partial charge is 0.258 e. The number of rotatable bonds is 4. The molecular formula is C17H17N5O. The minimum atomic E-state index is -0.276. The average Bonchev–Trinajstić information content (AvgIpc) is 3.09. The molecule has 1 fully saturated rings. The Kier molecular flexibility index (Phi) is 4.48. The third kappa shape index (κ3) is 3.83. The first-order valence-corrected chi connectivity index (χ1v) is 7.65. The summed E-state index contributed by atoms with van der Waals surface area (Å²) < 4.78 is 0. The lowest BCUT2D eigenvalue weighted by Gasteiger charge is -2.11. The van der Waals surface area contributed by atoms with Gasteiger partial charge in [0.2, 0.25) is 5.95 Å². The fraction of sp³-hybridized carbons (Fsp3) is 0.294. The van der Waals surface area contributed by atoms with Gasteiger partial charge in [-0.3, -0.25) is 4.79 Å². The number of nitriles is 1. The molecule has 23 heavy (non-hydrogen) atoms. The number of aromatic nitrogens is 2. The van der Waals surface area contributed by atoms with Crippen LogP contribution in [0.2, 0.25) is 0 Å². The number of benzene rings is 1. The van der Waals surface area contributed by atoms with E-state index in [9.17, 15) is 4.79 Å². The van der Waals surface area contributed by atoms with Crippen LogP contribution in [0.1, 0.15) is 41.6 Å². The topological polar surface area (TPSA) is 90.7 Å². The zero-order chi connectivity index (χ0) is 16.1. The zero-order valence-electron chi connectivity index (χ0n) is 12.6. The fourth-order valence-electron chi connectivity index (χ4n) is 2.60. The second kappa shape index (κ2) is 6.88. The molecule has 0 bridgehead atoms. The highest BCUT2D eigenvalue weighted by Gasteiger charge is 2.15. The Morgan fingerprint density at radius 2 is 1.78 bits per heavy atom. The highest BCUT2D eigenvalue weighted by molar-refractivity contribution is 6.03. The molecule has 2 aromatic rings. The van der Waals surface area contributed by atoms with E-state index < -0.39 is 0 Å². The monoisotopic (exact) mass is 307 g/mol. The van der Waals surface area contributed by atoms with Gasteiger partial charge in [0.05, 0.1) is 17.2 Å². The second-order valence-corrected chi connectivity index (χ2v) is 5.56. The van der Waals surface area contributed by atoms with Crippen molar-refractivity contribution >= 4 is 17.5 Å². The average molecular weight is 307 g/mol. The molecule has 6 nitrogen and oxygen atoms in total. The quantitative estimate of drug-likeness (QED) is 0.906. The molecule has 0 spiro atoms. The van der Waals surface area contributed by atoms with Crippen molar-refractivity contribution in [2.75, 3.05) is 10.6 Å². The van der Waals surface area contributed by atoms with Gasteiger partial charge >= 0.3 is 0 Å². The molecule has 116 valence electrons. The van der Waals surface area contributed by atoms with Crippen molar-refractivity contribution in [3.05, 3.63) is 47.8 Å². The van der Waals surface area contributed by atoms with E-state index in [-0.39, 0.29) is 5.91 Å². The molecule has 6 heteroatoms. The summed E-state index contributed by atoms with van der Waals surface area (Å²) in [7, 11) is 0. The largest absolute Gasteiger partial charge is 0.351 e. The van der Waals surface area contributed by atoms with E-state index in [0.717, 1.165) is 12.8 Å². The summed E-state index contributed by atoms with van der Waals surface area (Å²) in [5, 5.41) is 14.8. The lowest BCUT2D eigenvalue weighted by molar-refractivity contribution is 0.102. The van der Waals surface area contributed by atoms with Crippen LogP contribution >= 0.6 is 0 Å². The molecule has 1 saturated carbocycles. The predicted molar refractivity (Wildman–Crippen MR) is 87.0 cm³/mol. The lowest BCUT2D eigenvalue weighted by Crippen LogP contribution is -2.18. The van der Waals surface area contributed by atoms with E-state index >= 15 is 0 Å². The SMILES string of the molecule is N#Cc1ccc(NC(=O)c2cnc(NC3CCCC3)nc2)cc1. The van der Waals surface area contributed by atoms with Crippen LogP contribution in [-0.2, 0) is 0 Å². The van der Waals surface area contributed by atoms with Crippen LogP contribution in [0.3, 0.4) is 0 Å². The van der Waals surface area contributed by atoms with Crippen molar-refractivity contribution < 1.29 is 4.79 Å². The van der Waals surface area contributed by atoms with Crippen molar-refractivity contribution in [3.8, 4) is 6.07 Å². The van der Waals surface area contributed by atoms with Crippen LogP contribution < -0.4 is 10.6 Å². The van der Waals surface area contributed by atoms with Gasteiger partial charge in [0.1, 0.15) is 0 Å². The van der Waals surface area contributed by atoms with E-state index in [4.69, 9.17) is 5.26 Å². The van der Waals surface area contributed by atoms with Gasteiger partial charge in [0, 0.05) is 24.1 Å². The van der Waals surface area contributed by atoms with Crippen LogP contribution in [-0.4, -0.2) is 21.9 Å². The molecule has 1 aliphatic rings. The van der Waals surface area contributed by atoms with Crippen molar-refractivity contribution in [1.29, 1.82) is 5.26 Å². The molecule has 1 heterocycles. The molecule has 1 aliphatic carbocycles. The van der Waals surface area contributed by atoms with E-state index in [1.165, 1.54) is 25.2 Å². The van der Waals surface area contributed by atoms with E-state index in [0.29, 0.717) is 28.8 Å². The van der Waals surface area contributed by atoms with E-state index in [2.05, 4.69) is 20.6 Å². The second-order valence-electron chi connectivity index (χ2n) is 5.56. The number of nitrogens with one attached hydrogen (secondary N) is 2. The minimum absolute atomic E-state index is 0.276. The van der Waals surface area contributed by atoms with Crippen LogP contribution in [0.15, 0.2) is 36.7 Å². The maximum absolute atomic E-state index is 12.1. The number of nitrogens with zero attached hydrogens (tertiary/aromatic N) is 3. The number of carbonyl (C=O) groups excluding carboxylic acids is 1. The fourth-order valence-corrected chi connectivity index (χ4v) is 2.60. The first kappa shape index (κ1) is 15.0. The summed E-state index contributed by atoms with van der Waals surface area (Å²) in [5.41, 5.74) is 1.57. The van der Waals surface area contributed by atoms with Crippen LogP contribution in [0.4, 0.5) is 11.6 Å². The van der Waals surface area contributed by atoms with Crippen LogP contribution in [0.5, 0.6) is 0 Å². The highest BCUT2D eigenvalue weighted by atomic mass is 16.1. The van der Waals surface area contributed by atoms with Crippen molar-refractivity contribution in [2.24, 2.45) is 0 Å². The summed E-state index contributed by atoms with van der Waals surface area (Å²) in [4.78, 5) is 20.6. The Labute approximate surface area is 134 Å².